The van der Waals surface area contributed by atoms with Gasteiger partial charge in [-0.05, 0) is 44.2 Å². The van der Waals surface area contributed by atoms with Gasteiger partial charge >= 0.3 is 0 Å². The molecule has 0 fully saturated rings. The van der Waals surface area contributed by atoms with Crippen molar-refractivity contribution < 1.29 is 4.39 Å². The largest absolute Gasteiger partial charge is 0.368 e. The quantitative estimate of drug-likeness (QED) is 0.745. The van der Waals surface area contributed by atoms with Gasteiger partial charge in [-0.2, -0.15) is 0 Å². The molecule has 0 aliphatic carbocycles. The summed E-state index contributed by atoms with van der Waals surface area (Å²) >= 11 is 0. The molecule has 0 saturated carbocycles. The lowest BCUT2D eigenvalue weighted by molar-refractivity contribution is 0.606. The Morgan fingerprint density at radius 2 is 2.22 bits per heavy atom. The fourth-order valence-corrected chi connectivity index (χ4v) is 2.05. The van der Waals surface area contributed by atoms with Gasteiger partial charge in [-0.25, -0.2) is 4.39 Å². The molecule has 0 bridgehead atoms. The Balaban J connectivity index is 3.14. The molecule has 0 radical (unpaired) electrons. The van der Waals surface area contributed by atoms with Crippen LogP contribution in [-0.2, 0) is 0 Å². The fraction of sp³-hybridized carbons (Fsp3) is 0.467. The smallest absolute Gasteiger partial charge is 0.123 e. The Bertz CT molecular complexity index is 390. The van der Waals surface area contributed by atoms with Crippen LogP contribution in [0, 0.1) is 5.82 Å². The summed E-state index contributed by atoms with van der Waals surface area (Å²) < 4.78 is 13.4. The summed E-state index contributed by atoms with van der Waals surface area (Å²) in [4.78, 5) is 2.23. The van der Waals surface area contributed by atoms with Crippen molar-refractivity contribution >= 4 is 5.69 Å². The zero-order valence-corrected chi connectivity index (χ0v) is 11.5. The van der Waals surface area contributed by atoms with Crippen LogP contribution in [0.3, 0.4) is 0 Å². The van der Waals surface area contributed by atoms with Gasteiger partial charge in [-0.15, -0.1) is 6.58 Å². The van der Waals surface area contributed by atoms with Crippen molar-refractivity contribution in [3.05, 3.63) is 42.2 Å². The van der Waals surface area contributed by atoms with Crippen molar-refractivity contribution in [1.82, 2.24) is 5.32 Å². The van der Waals surface area contributed by atoms with Gasteiger partial charge in [0.1, 0.15) is 5.82 Å². The molecule has 0 aliphatic rings. The number of nitrogens with zero attached hydrogens (tertiary/aromatic N) is 1. The first-order valence-corrected chi connectivity index (χ1v) is 6.46. The van der Waals surface area contributed by atoms with E-state index in [-0.39, 0.29) is 11.9 Å². The molecule has 0 amide bonds. The highest BCUT2D eigenvalue weighted by Gasteiger charge is 2.14. The van der Waals surface area contributed by atoms with E-state index < -0.39 is 0 Å². The maximum absolute atomic E-state index is 13.4. The summed E-state index contributed by atoms with van der Waals surface area (Å²) in [7, 11) is 1.89. The van der Waals surface area contributed by atoms with Gasteiger partial charge in [0.05, 0.1) is 0 Å². The zero-order valence-electron chi connectivity index (χ0n) is 11.5. The van der Waals surface area contributed by atoms with E-state index in [0.29, 0.717) is 0 Å². The van der Waals surface area contributed by atoms with Crippen LogP contribution < -0.4 is 10.2 Å². The molecule has 3 heteroatoms. The van der Waals surface area contributed by atoms with E-state index in [2.05, 4.69) is 23.7 Å². The SMILES string of the molecule is C=CCN(CCC)c1ccc(F)cc1C(C)NC. The normalized spacial score (nSPS) is 12.2. The Morgan fingerprint density at radius 1 is 1.50 bits per heavy atom. The Labute approximate surface area is 110 Å². The van der Waals surface area contributed by atoms with Crippen molar-refractivity contribution in [3.63, 3.8) is 0 Å². The Hall–Kier alpha value is -1.35. The van der Waals surface area contributed by atoms with E-state index in [1.54, 1.807) is 6.07 Å². The van der Waals surface area contributed by atoms with Gasteiger partial charge in [0.25, 0.3) is 0 Å². The minimum Gasteiger partial charge on any atom is -0.368 e. The first-order valence-electron chi connectivity index (χ1n) is 6.46. The summed E-state index contributed by atoms with van der Waals surface area (Å²) in [5, 5.41) is 3.17. The van der Waals surface area contributed by atoms with E-state index in [1.807, 2.05) is 26.1 Å². The number of rotatable bonds is 7. The van der Waals surface area contributed by atoms with Gasteiger partial charge in [-0.1, -0.05) is 13.0 Å². The standard InChI is InChI=1S/C15H23FN2/c1-5-9-18(10-6-2)15-8-7-13(16)11-14(15)12(3)17-4/h5,7-8,11-12,17H,1,6,9-10H2,2-4H3. The molecule has 1 aromatic carbocycles. The minimum atomic E-state index is -0.189. The first kappa shape index (κ1) is 14.7. The second-order valence-corrected chi connectivity index (χ2v) is 4.45. The summed E-state index contributed by atoms with van der Waals surface area (Å²) in [6, 6.07) is 5.12. The van der Waals surface area contributed by atoms with Gasteiger partial charge in [0, 0.05) is 24.8 Å². The summed E-state index contributed by atoms with van der Waals surface area (Å²) in [6.07, 6.45) is 2.94. The average molecular weight is 250 g/mol. The highest BCUT2D eigenvalue weighted by atomic mass is 19.1. The molecule has 1 unspecified atom stereocenters. The molecule has 0 heterocycles. The molecule has 0 aromatic heterocycles. The van der Waals surface area contributed by atoms with E-state index in [1.165, 1.54) is 6.07 Å². The predicted octanol–water partition coefficient (Wildman–Crippen LogP) is 3.51. The van der Waals surface area contributed by atoms with Crippen molar-refractivity contribution in [1.29, 1.82) is 0 Å². The molecule has 0 saturated heterocycles. The van der Waals surface area contributed by atoms with Gasteiger partial charge in [0.15, 0.2) is 0 Å². The zero-order chi connectivity index (χ0) is 13.5. The fourth-order valence-electron chi connectivity index (χ4n) is 2.05. The summed E-state index contributed by atoms with van der Waals surface area (Å²) in [5.41, 5.74) is 2.08. The number of nitrogens with one attached hydrogen (secondary N) is 1. The Kier molecular flexibility index (Phi) is 5.86. The monoisotopic (exact) mass is 250 g/mol. The molecule has 1 N–H and O–H groups in total. The van der Waals surface area contributed by atoms with Crippen LogP contribution in [0.2, 0.25) is 0 Å². The summed E-state index contributed by atoms with van der Waals surface area (Å²) in [5.74, 6) is -0.189. The van der Waals surface area contributed by atoms with Crippen LogP contribution in [0.5, 0.6) is 0 Å². The van der Waals surface area contributed by atoms with Crippen LogP contribution in [0.4, 0.5) is 10.1 Å². The molecule has 0 spiro atoms. The maximum Gasteiger partial charge on any atom is 0.123 e. The minimum absolute atomic E-state index is 0.125. The van der Waals surface area contributed by atoms with Crippen LogP contribution >= 0.6 is 0 Å². The van der Waals surface area contributed by atoms with Crippen LogP contribution in [0.15, 0.2) is 30.9 Å². The predicted molar refractivity (Wildman–Crippen MR) is 76.6 cm³/mol. The van der Waals surface area contributed by atoms with E-state index in [0.717, 1.165) is 30.8 Å². The molecule has 1 atom stereocenters. The lowest BCUT2D eigenvalue weighted by Gasteiger charge is -2.27. The topological polar surface area (TPSA) is 15.3 Å². The number of halogens is 1. The average Bonchev–Trinajstić information content (AvgIpc) is 2.37. The first-order chi connectivity index (χ1) is 8.63. The molecule has 100 valence electrons. The van der Waals surface area contributed by atoms with Crippen molar-refractivity contribution in [2.45, 2.75) is 26.3 Å². The third kappa shape index (κ3) is 3.57. The molecule has 1 rings (SSSR count). The van der Waals surface area contributed by atoms with Gasteiger partial charge in [0.2, 0.25) is 0 Å². The van der Waals surface area contributed by atoms with Crippen LogP contribution in [-0.4, -0.2) is 20.1 Å². The molecule has 1 aromatic rings. The second-order valence-electron chi connectivity index (χ2n) is 4.45. The van der Waals surface area contributed by atoms with E-state index in [9.17, 15) is 4.39 Å². The van der Waals surface area contributed by atoms with Gasteiger partial charge in [-0.3, -0.25) is 0 Å². The Morgan fingerprint density at radius 3 is 2.78 bits per heavy atom. The molecular weight excluding hydrogens is 227 g/mol. The highest BCUT2D eigenvalue weighted by molar-refractivity contribution is 5.55. The van der Waals surface area contributed by atoms with Crippen LogP contribution in [0.1, 0.15) is 31.9 Å². The lowest BCUT2D eigenvalue weighted by atomic mass is 10.0. The maximum atomic E-state index is 13.4. The molecular formula is C15H23FN2. The molecule has 18 heavy (non-hydrogen) atoms. The van der Waals surface area contributed by atoms with Crippen molar-refractivity contribution in [2.24, 2.45) is 0 Å². The number of anilines is 1. The molecule has 0 aliphatic heterocycles. The van der Waals surface area contributed by atoms with E-state index in [4.69, 9.17) is 0 Å². The number of hydrogen-bond acceptors (Lipinski definition) is 2. The summed E-state index contributed by atoms with van der Waals surface area (Å²) in [6.45, 7) is 9.69. The van der Waals surface area contributed by atoms with Gasteiger partial charge < -0.3 is 10.2 Å². The highest BCUT2D eigenvalue weighted by Crippen LogP contribution is 2.27. The van der Waals surface area contributed by atoms with E-state index >= 15 is 0 Å². The second kappa shape index (κ2) is 7.17. The third-order valence-electron chi connectivity index (χ3n) is 3.07. The molecule has 2 nitrogen and oxygen atoms in total. The number of hydrogen-bond donors (Lipinski definition) is 1. The lowest BCUT2D eigenvalue weighted by Crippen LogP contribution is -2.27. The van der Waals surface area contributed by atoms with Crippen LogP contribution in [0.25, 0.3) is 0 Å². The number of benzene rings is 1. The third-order valence-corrected chi connectivity index (χ3v) is 3.07. The van der Waals surface area contributed by atoms with Crippen molar-refractivity contribution in [2.75, 3.05) is 25.0 Å². The van der Waals surface area contributed by atoms with Crippen molar-refractivity contribution in [3.8, 4) is 0 Å².